The lowest BCUT2D eigenvalue weighted by Gasteiger charge is -2.18. The molecule has 1 aromatic heterocycles. The van der Waals surface area contributed by atoms with Gasteiger partial charge in [-0.15, -0.1) is 0 Å². The fraction of sp³-hybridized carbons (Fsp3) is 0.438. The number of anilines is 1. The Morgan fingerprint density at radius 1 is 1.42 bits per heavy atom. The zero-order valence-corrected chi connectivity index (χ0v) is 11.4. The van der Waals surface area contributed by atoms with Crippen molar-refractivity contribution < 1.29 is 0 Å². The molecule has 100 valence electrons. The first kappa shape index (κ1) is 12.3. The van der Waals surface area contributed by atoms with Gasteiger partial charge in [0.25, 0.3) is 0 Å². The molecular formula is C16H21N3. The number of nitrogens with one attached hydrogen (secondary N) is 1. The average Bonchev–Trinajstić information content (AvgIpc) is 3.15. The van der Waals surface area contributed by atoms with Crippen LogP contribution < -0.4 is 5.32 Å². The van der Waals surface area contributed by atoms with E-state index < -0.39 is 0 Å². The minimum Gasteiger partial charge on any atom is -0.382 e. The Morgan fingerprint density at radius 3 is 3.00 bits per heavy atom. The number of hydrogen-bond donors (Lipinski definition) is 1. The Labute approximate surface area is 114 Å². The van der Waals surface area contributed by atoms with Crippen LogP contribution in [0.2, 0.25) is 0 Å². The second-order valence-corrected chi connectivity index (χ2v) is 5.43. The van der Waals surface area contributed by atoms with Gasteiger partial charge >= 0.3 is 0 Å². The van der Waals surface area contributed by atoms with Crippen molar-refractivity contribution in [1.82, 2.24) is 9.55 Å². The van der Waals surface area contributed by atoms with Crippen molar-refractivity contribution in [3.8, 4) is 0 Å². The number of hydrogen-bond acceptors (Lipinski definition) is 2. The first-order valence-corrected chi connectivity index (χ1v) is 7.16. The Kier molecular flexibility index (Phi) is 3.53. The van der Waals surface area contributed by atoms with Gasteiger partial charge in [-0.1, -0.05) is 19.1 Å². The molecule has 3 heteroatoms. The predicted octanol–water partition coefficient (Wildman–Crippen LogP) is 3.53. The van der Waals surface area contributed by atoms with Crippen molar-refractivity contribution in [3.05, 3.63) is 48.5 Å². The van der Waals surface area contributed by atoms with Crippen molar-refractivity contribution in [2.24, 2.45) is 5.92 Å². The molecule has 1 aliphatic rings. The van der Waals surface area contributed by atoms with E-state index in [0.29, 0.717) is 6.04 Å². The van der Waals surface area contributed by atoms with E-state index in [1.807, 2.05) is 18.7 Å². The number of aromatic nitrogens is 2. The third kappa shape index (κ3) is 3.16. The summed E-state index contributed by atoms with van der Waals surface area (Å²) in [5.74, 6) is 0.891. The Balaban J connectivity index is 1.68. The number of benzene rings is 1. The quantitative estimate of drug-likeness (QED) is 0.855. The van der Waals surface area contributed by atoms with Gasteiger partial charge in [0.1, 0.15) is 0 Å². The summed E-state index contributed by atoms with van der Waals surface area (Å²) in [7, 11) is 0. The highest BCUT2D eigenvalue weighted by Crippen LogP contribution is 2.35. The van der Waals surface area contributed by atoms with Crippen molar-refractivity contribution in [2.45, 2.75) is 38.8 Å². The number of imidazole rings is 1. The monoisotopic (exact) mass is 255 g/mol. The second kappa shape index (κ2) is 5.47. The zero-order valence-electron chi connectivity index (χ0n) is 11.4. The Morgan fingerprint density at radius 2 is 2.32 bits per heavy atom. The minimum atomic E-state index is 0.642. The lowest BCUT2D eigenvalue weighted by atomic mass is 10.1. The molecule has 0 saturated heterocycles. The third-order valence-electron chi connectivity index (χ3n) is 3.83. The molecule has 0 spiro atoms. The largest absolute Gasteiger partial charge is 0.382 e. The topological polar surface area (TPSA) is 29.9 Å². The van der Waals surface area contributed by atoms with E-state index in [1.54, 1.807) is 0 Å². The molecule has 1 aliphatic carbocycles. The molecule has 0 amide bonds. The van der Waals surface area contributed by atoms with E-state index in [9.17, 15) is 0 Å². The lowest BCUT2D eigenvalue weighted by molar-refractivity contribution is 0.616. The summed E-state index contributed by atoms with van der Waals surface area (Å²) < 4.78 is 2.09. The Hall–Kier alpha value is -1.77. The van der Waals surface area contributed by atoms with Crippen LogP contribution in [0.3, 0.4) is 0 Å². The molecule has 1 saturated carbocycles. The molecule has 3 rings (SSSR count). The summed E-state index contributed by atoms with van der Waals surface area (Å²) in [6.45, 7) is 3.15. The SMILES string of the molecule is CCC(Nc1cccc(Cn2ccnc2)c1)C1CC1. The maximum atomic E-state index is 4.08. The third-order valence-corrected chi connectivity index (χ3v) is 3.83. The van der Waals surface area contributed by atoms with Gasteiger partial charge in [0.05, 0.1) is 6.33 Å². The fourth-order valence-electron chi connectivity index (χ4n) is 2.62. The first-order valence-electron chi connectivity index (χ1n) is 7.16. The Bertz CT molecular complexity index is 515. The summed E-state index contributed by atoms with van der Waals surface area (Å²) >= 11 is 0. The maximum absolute atomic E-state index is 4.08. The van der Waals surface area contributed by atoms with Gasteiger partial charge in [-0.25, -0.2) is 4.98 Å². The molecule has 1 fully saturated rings. The average molecular weight is 255 g/mol. The van der Waals surface area contributed by atoms with Gasteiger partial charge in [0.2, 0.25) is 0 Å². The molecule has 1 atom stereocenters. The summed E-state index contributed by atoms with van der Waals surface area (Å²) in [5.41, 5.74) is 2.56. The van der Waals surface area contributed by atoms with Crippen LogP contribution in [-0.4, -0.2) is 15.6 Å². The smallest absolute Gasteiger partial charge is 0.0949 e. The molecule has 3 nitrogen and oxygen atoms in total. The molecule has 0 radical (unpaired) electrons. The molecule has 1 unspecified atom stereocenters. The zero-order chi connectivity index (χ0) is 13.1. The van der Waals surface area contributed by atoms with Crippen molar-refractivity contribution in [2.75, 3.05) is 5.32 Å². The minimum absolute atomic E-state index is 0.642. The highest BCUT2D eigenvalue weighted by molar-refractivity contribution is 5.47. The van der Waals surface area contributed by atoms with Crippen LogP contribution in [0.5, 0.6) is 0 Å². The van der Waals surface area contributed by atoms with Crippen LogP contribution >= 0.6 is 0 Å². The lowest BCUT2D eigenvalue weighted by Crippen LogP contribution is -2.20. The number of rotatable bonds is 6. The van der Waals surface area contributed by atoms with Gasteiger partial charge in [0, 0.05) is 30.7 Å². The van der Waals surface area contributed by atoms with Crippen molar-refractivity contribution in [1.29, 1.82) is 0 Å². The molecule has 1 aromatic carbocycles. The molecule has 0 aliphatic heterocycles. The van der Waals surface area contributed by atoms with E-state index in [4.69, 9.17) is 0 Å². The summed E-state index contributed by atoms with van der Waals surface area (Å²) in [4.78, 5) is 4.08. The van der Waals surface area contributed by atoms with E-state index in [2.05, 4.69) is 46.1 Å². The van der Waals surface area contributed by atoms with Crippen LogP contribution in [0.15, 0.2) is 43.0 Å². The maximum Gasteiger partial charge on any atom is 0.0949 e. The molecule has 1 N–H and O–H groups in total. The summed E-state index contributed by atoms with van der Waals surface area (Å²) in [6.07, 6.45) is 9.66. The summed E-state index contributed by atoms with van der Waals surface area (Å²) in [5, 5.41) is 3.69. The molecule has 19 heavy (non-hydrogen) atoms. The van der Waals surface area contributed by atoms with Crippen molar-refractivity contribution >= 4 is 5.69 Å². The second-order valence-electron chi connectivity index (χ2n) is 5.43. The van der Waals surface area contributed by atoms with Gasteiger partial charge in [-0.2, -0.15) is 0 Å². The van der Waals surface area contributed by atoms with Gasteiger partial charge in [-0.3, -0.25) is 0 Å². The highest BCUT2D eigenvalue weighted by Gasteiger charge is 2.29. The highest BCUT2D eigenvalue weighted by atomic mass is 15.0. The van der Waals surface area contributed by atoms with Crippen LogP contribution in [0.25, 0.3) is 0 Å². The van der Waals surface area contributed by atoms with Gasteiger partial charge in [0.15, 0.2) is 0 Å². The number of nitrogens with zero attached hydrogens (tertiary/aromatic N) is 2. The van der Waals surface area contributed by atoms with Crippen LogP contribution in [0, 0.1) is 5.92 Å². The van der Waals surface area contributed by atoms with E-state index in [0.717, 1.165) is 12.5 Å². The van der Waals surface area contributed by atoms with E-state index in [-0.39, 0.29) is 0 Å². The standard InChI is InChI=1S/C16H21N3/c1-2-16(14-6-7-14)18-15-5-3-4-13(10-15)11-19-9-8-17-12-19/h3-5,8-10,12,14,16,18H,2,6-7,11H2,1H3. The van der Waals surface area contributed by atoms with Crippen LogP contribution in [0.4, 0.5) is 5.69 Å². The molecular weight excluding hydrogens is 234 g/mol. The van der Waals surface area contributed by atoms with E-state index in [1.165, 1.54) is 30.5 Å². The molecule has 1 heterocycles. The first-order chi connectivity index (χ1) is 9.35. The van der Waals surface area contributed by atoms with Crippen LogP contribution in [-0.2, 0) is 6.54 Å². The molecule has 0 bridgehead atoms. The normalized spacial score (nSPS) is 16.3. The van der Waals surface area contributed by atoms with Gasteiger partial charge in [-0.05, 0) is 42.9 Å². The van der Waals surface area contributed by atoms with Crippen LogP contribution in [0.1, 0.15) is 31.7 Å². The summed E-state index contributed by atoms with van der Waals surface area (Å²) in [6, 6.07) is 9.37. The van der Waals surface area contributed by atoms with E-state index >= 15 is 0 Å². The van der Waals surface area contributed by atoms with Crippen molar-refractivity contribution in [3.63, 3.8) is 0 Å². The van der Waals surface area contributed by atoms with Gasteiger partial charge < -0.3 is 9.88 Å². The molecule has 2 aromatic rings. The fourth-order valence-corrected chi connectivity index (χ4v) is 2.62. The predicted molar refractivity (Wildman–Crippen MR) is 78.2 cm³/mol.